The SMILES string of the molecule is CCC1CCC2(CC1)NC(=O)N(CC(=O)NCCNC1CCCCCC1)C2=O. The van der Waals surface area contributed by atoms with Crippen molar-refractivity contribution >= 4 is 17.8 Å². The first-order valence-corrected chi connectivity index (χ1v) is 11.2. The topological polar surface area (TPSA) is 90.5 Å². The number of carbonyl (C=O) groups is 3. The van der Waals surface area contributed by atoms with Crippen molar-refractivity contribution in [2.45, 2.75) is 89.1 Å². The predicted octanol–water partition coefficient (Wildman–Crippen LogP) is 2.31. The van der Waals surface area contributed by atoms with Gasteiger partial charge in [0.15, 0.2) is 0 Å². The van der Waals surface area contributed by atoms with E-state index < -0.39 is 11.6 Å². The predicted molar refractivity (Wildman–Crippen MR) is 108 cm³/mol. The molecule has 0 unspecified atom stereocenters. The minimum atomic E-state index is -0.774. The summed E-state index contributed by atoms with van der Waals surface area (Å²) >= 11 is 0. The molecule has 3 rings (SSSR count). The molecule has 0 aromatic carbocycles. The lowest BCUT2D eigenvalue weighted by molar-refractivity contribution is -0.136. The Morgan fingerprint density at radius 1 is 1.07 bits per heavy atom. The number of nitrogens with one attached hydrogen (secondary N) is 3. The van der Waals surface area contributed by atoms with E-state index in [0.717, 1.165) is 30.7 Å². The molecule has 4 amide bonds. The second kappa shape index (κ2) is 9.72. The van der Waals surface area contributed by atoms with Crippen LogP contribution in [0.4, 0.5) is 4.79 Å². The van der Waals surface area contributed by atoms with E-state index in [9.17, 15) is 14.4 Å². The van der Waals surface area contributed by atoms with Gasteiger partial charge in [-0.3, -0.25) is 14.5 Å². The second-order valence-electron chi connectivity index (χ2n) is 8.75. The quantitative estimate of drug-likeness (QED) is 0.352. The average Bonchev–Trinajstić information content (AvgIpc) is 2.89. The zero-order valence-electron chi connectivity index (χ0n) is 17.2. The van der Waals surface area contributed by atoms with Gasteiger partial charge < -0.3 is 16.0 Å². The summed E-state index contributed by atoms with van der Waals surface area (Å²) < 4.78 is 0. The Morgan fingerprint density at radius 2 is 1.75 bits per heavy atom. The molecule has 0 aromatic heterocycles. The molecule has 2 aliphatic carbocycles. The molecule has 0 atom stereocenters. The number of amides is 4. The van der Waals surface area contributed by atoms with Crippen molar-refractivity contribution in [2.75, 3.05) is 19.6 Å². The summed E-state index contributed by atoms with van der Waals surface area (Å²) in [5.74, 6) is 0.137. The zero-order chi connectivity index (χ0) is 20.0. The summed E-state index contributed by atoms with van der Waals surface area (Å²) in [5.41, 5.74) is -0.774. The summed E-state index contributed by atoms with van der Waals surface area (Å²) in [7, 11) is 0. The van der Waals surface area contributed by atoms with Crippen LogP contribution < -0.4 is 16.0 Å². The molecule has 1 saturated heterocycles. The van der Waals surface area contributed by atoms with Crippen LogP contribution in [0.3, 0.4) is 0 Å². The van der Waals surface area contributed by atoms with Crippen molar-refractivity contribution in [1.82, 2.24) is 20.9 Å². The Kier molecular flexibility index (Phi) is 7.32. The minimum Gasteiger partial charge on any atom is -0.353 e. The van der Waals surface area contributed by atoms with Crippen LogP contribution in [0, 0.1) is 5.92 Å². The smallest absolute Gasteiger partial charge is 0.325 e. The summed E-state index contributed by atoms with van der Waals surface area (Å²) in [6, 6.07) is 0.120. The molecule has 7 heteroatoms. The van der Waals surface area contributed by atoms with Gasteiger partial charge in [0.05, 0.1) is 0 Å². The van der Waals surface area contributed by atoms with E-state index >= 15 is 0 Å². The lowest BCUT2D eigenvalue weighted by atomic mass is 9.75. The average molecular weight is 393 g/mol. The maximum Gasteiger partial charge on any atom is 0.325 e. The van der Waals surface area contributed by atoms with Gasteiger partial charge in [-0.15, -0.1) is 0 Å². The summed E-state index contributed by atoms with van der Waals surface area (Å²) in [4.78, 5) is 38.5. The maximum atomic E-state index is 12.8. The third kappa shape index (κ3) is 5.04. The van der Waals surface area contributed by atoms with Crippen molar-refractivity contribution in [1.29, 1.82) is 0 Å². The van der Waals surface area contributed by atoms with Gasteiger partial charge in [0, 0.05) is 19.1 Å². The molecule has 3 fully saturated rings. The highest BCUT2D eigenvalue weighted by molar-refractivity contribution is 6.09. The number of carbonyl (C=O) groups excluding carboxylic acids is 3. The van der Waals surface area contributed by atoms with Crippen molar-refractivity contribution in [3.63, 3.8) is 0 Å². The zero-order valence-corrected chi connectivity index (χ0v) is 17.2. The Hall–Kier alpha value is -1.63. The van der Waals surface area contributed by atoms with Crippen LogP contribution in [-0.4, -0.2) is 54.0 Å². The van der Waals surface area contributed by atoms with Gasteiger partial charge in [0.2, 0.25) is 5.91 Å². The Labute approximate surface area is 168 Å². The van der Waals surface area contributed by atoms with E-state index in [1.165, 1.54) is 38.5 Å². The molecule has 3 N–H and O–H groups in total. The lowest BCUT2D eigenvalue weighted by Crippen LogP contribution is -2.50. The van der Waals surface area contributed by atoms with E-state index in [4.69, 9.17) is 0 Å². The van der Waals surface area contributed by atoms with E-state index in [-0.39, 0.29) is 18.4 Å². The Balaban J connectivity index is 1.40. The second-order valence-corrected chi connectivity index (χ2v) is 8.75. The molecule has 1 spiro atoms. The number of urea groups is 1. The van der Waals surface area contributed by atoms with Gasteiger partial charge in [-0.25, -0.2) is 4.79 Å². The maximum absolute atomic E-state index is 12.8. The molecule has 0 radical (unpaired) electrons. The first-order valence-electron chi connectivity index (χ1n) is 11.2. The molecule has 158 valence electrons. The van der Waals surface area contributed by atoms with Crippen LogP contribution in [0.25, 0.3) is 0 Å². The molecule has 1 heterocycles. The molecular formula is C21H36N4O3. The molecule has 0 bridgehead atoms. The molecular weight excluding hydrogens is 356 g/mol. The summed E-state index contributed by atoms with van der Waals surface area (Å²) in [5, 5.41) is 9.23. The molecule has 28 heavy (non-hydrogen) atoms. The van der Waals surface area contributed by atoms with Crippen LogP contribution in [-0.2, 0) is 9.59 Å². The first kappa shape index (κ1) is 21.1. The van der Waals surface area contributed by atoms with Gasteiger partial charge in [0.1, 0.15) is 12.1 Å². The molecule has 7 nitrogen and oxygen atoms in total. The normalized spacial score (nSPS) is 29.0. The number of rotatable bonds is 7. The van der Waals surface area contributed by atoms with Crippen molar-refractivity contribution in [3.05, 3.63) is 0 Å². The van der Waals surface area contributed by atoms with Crippen molar-refractivity contribution in [2.24, 2.45) is 5.92 Å². The largest absolute Gasteiger partial charge is 0.353 e. The number of hydrogen-bond donors (Lipinski definition) is 3. The fourth-order valence-corrected chi connectivity index (χ4v) is 4.90. The van der Waals surface area contributed by atoms with Gasteiger partial charge in [-0.2, -0.15) is 0 Å². The van der Waals surface area contributed by atoms with Gasteiger partial charge in [-0.1, -0.05) is 39.0 Å². The number of imide groups is 1. The highest BCUT2D eigenvalue weighted by Crippen LogP contribution is 2.37. The molecule has 1 aliphatic heterocycles. The van der Waals surface area contributed by atoms with E-state index in [2.05, 4.69) is 22.9 Å². The van der Waals surface area contributed by atoms with Crippen LogP contribution in [0.15, 0.2) is 0 Å². The van der Waals surface area contributed by atoms with Crippen molar-refractivity contribution in [3.8, 4) is 0 Å². The highest BCUT2D eigenvalue weighted by atomic mass is 16.2. The number of nitrogens with zero attached hydrogens (tertiary/aromatic N) is 1. The van der Waals surface area contributed by atoms with E-state index in [0.29, 0.717) is 31.3 Å². The van der Waals surface area contributed by atoms with Crippen LogP contribution in [0.2, 0.25) is 0 Å². The third-order valence-electron chi connectivity index (χ3n) is 6.82. The minimum absolute atomic E-state index is 0.187. The summed E-state index contributed by atoms with van der Waals surface area (Å²) in [6.07, 6.45) is 12.0. The van der Waals surface area contributed by atoms with Gasteiger partial charge in [-0.05, 0) is 44.4 Å². The van der Waals surface area contributed by atoms with E-state index in [1.54, 1.807) is 0 Å². The van der Waals surface area contributed by atoms with Crippen LogP contribution >= 0.6 is 0 Å². The third-order valence-corrected chi connectivity index (χ3v) is 6.82. The number of hydrogen-bond acceptors (Lipinski definition) is 4. The monoisotopic (exact) mass is 392 g/mol. The first-order chi connectivity index (χ1) is 13.5. The fraction of sp³-hybridized carbons (Fsp3) is 0.857. The lowest BCUT2D eigenvalue weighted by Gasteiger charge is -2.34. The van der Waals surface area contributed by atoms with Gasteiger partial charge in [0.25, 0.3) is 5.91 Å². The van der Waals surface area contributed by atoms with Crippen molar-refractivity contribution < 1.29 is 14.4 Å². The van der Waals surface area contributed by atoms with Gasteiger partial charge >= 0.3 is 6.03 Å². The highest BCUT2D eigenvalue weighted by Gasteiger charge is 2.52. The standard InChI is InChI=1S/C21H36N4O3/c1-2-16-9-11-21(12-10-16)19(27)25(20(28)24-21)15-18(26)23-14-13-22-17-7-5-3-4-6-8-17/h16-17,22H,2-15H2,1H3,(H,23,26)(H,24,28). The van der Waals surface area contributed by atoms with E-state index in [1.807, 2.05) is 0 Å². The van der Waals surface area contributed by atoms with Crippen LogP contribution in [0.5, 0.6) is 0 Å². The molecule has 0 aromatic rings. The Bertz CT molecular complexity index is 564. The molecule has 2 saturated carbocycles. The summed E-state index contributed by atoms with van der Waals surface area (Å²) in [6.45, 7) is 3.22. The fourth-order valence-electron chi connectivity index (χ4n) is 4.90. The molecule has 3 aliphatic rings. The Morgan fingerprint density at radius 3 is 2.39 bits per heavy atom. The van der Waals surface area contributed by atoms with Crippen LogP contribution in [0.1, 0.15) is 77.6 Å².